The molecule has 1 fully saturated rings. The van der Waals surface area contributed by atoms with Crippen LogP contribution in [0.15, 0.2) is 53.4 Å². The SMILES string of the molecule is CCOc1ccc(C=C2SC(=O)N(CNc3ccccc3OC)C2=O)cc1. The zero-order valence-electron chi connectivity index (χ0n) is 15.1. The highest BCUT2D eigenvalue weighted by Crippen LogP contribution is 2.33. The van der Waals surface area contributed by atoms with E-state index in [1.807, 2.05) is 55.5 Å². The molecule has 1 aliphatic rings. The molecule has 0 spiro atoms. The fourth-order valence-corrected chi connectivity index (χ4v) is 3.41. The van der Waals surface area contributed by atoms with E-state index in [1.165, 1.54) is 4.90 Å². The van der Waals surface area contributed by atoms with Gasteiger partial charge in [-0.3, -0.25) is 14.5 Å². The number of para-hydroxylation sites is 2. The van der Waals surface area contributed by atoms with E-state index in [1.54, 1.807) is 13.2 Å². The van der Waals surface area contributed by atoms with Gasteiger partial charge in [0.1, 0.15) is 11.5 Å². The first-order valence-electron chi connectivity index (χ1n) is 8.47. The predicted molar refractivity (Wildman–Crippen MR) is 107 cm³/mol. The minimum Gasteiger partial charge on any atom is -0.495 e. The summed E-state index contributed by atoms with van der Waals surface area (Å²) >= 11 is 0.932. The molecule has 2 aromatic rings. The first kappa shape index (κ1) is 18.8. The van der Waals surface area contributed by atoms with Gasteiger partial charge in [-0.15, -0.1) is 0 Å². The fraction of sp³-hybridized carbons (Fsp3) is 0.200. The molecule has 27 heavy (non-hydrogen) atoms. The van der Waals surface area contributed by atoms with Gasteiger partial charge in [0.05, 0.1) is 31.0 Å². The van der Waals surface area contributed by atoms with Gasteiger partial charge in [0, 0.05) is 0 Å². The van der Waals surface area contributed by atoms with Crippen molar-refractivity contribution in [2.45, 2.75) is 6.92 Å². The summed E-state index contributed by atoms with van der Waals surface area (Å²) < 4.78 is 10.7. The highest BCUT2D eigenvalue weighted by Gasteiger charge is 2.34. The molecule has 1 aliphatic heterocycles. The van der Waals surface area contributed by atoms with E-state index in [2.05, 4.69) is 5.32 Å². The maximum Gasteiger partial charge on any atom is 0.295 e. The summed E-state index contributed by atoms with van der Waals surface area (Å²) in [5.74, 6) is 1.10. The topological polar surface area (TPSA) is 67.9 Å². The Hall–Kier alpha value is -2.93. The van der Waals surface area contributed by atoms with Crippen LogP contribution in [0.5, 0.6) is 11.5 Å². The van der Waals surface area contributed by atoms with Gasteiger partial charge in [0.2, 0.25) is 0 Å². The maximum absolute atomic E-state index is 12.6. The molecule has 0 saturated carbocycles. The number of nitrogens with one attached hydrogen (secondary N) is 1. The number of methoxy groups -OCH3 is 1. The Labute approximate surface area is 162 Å². The number of benzene rings is 2. The number of amides is 2. The predicted octanol–water partition coefficient (Wildman–Crippen LogP) is 4.20. The summed E-state index contributed by atoms with van der Waals surface area (Å²) in [6.45, 7) is 2.59. The number of ether oxygens (including phenoxy) is 2. The molecule has 0 unspecified atom stereocenters. The molecule has 0 atom stereocenters. The summed E-state index contributed by atoms with van der Waals surface area (Å²) in [5.41, 5.74) is 1.55. The zero-order chi connectivity index (χ0) is 19.2. The highest BCUT2D eigenvalue weighted by molar-refractivity contribution is 8.18. The van der Waals surface area contributed by atoms with Gasteiger partial charge in [-0.05, 0) is 54.6 Å². The lowest BCUT2D eigenvalue weighted by molar-refractivity contribution is -0.122. The third-order valence-corrected chi connectivity index (χ3v) is 4.80. The van der Waals surface area contributed by atoms with Crippen molar-refractivity contribution in [1.29, 1.82) is 0 Å². The number of imide groups is 1. The van der Waals surface area contributed by atoms with Crippen LogP contribution in [-0.4, -0.2) is 36.4 Å². The Morgan fingerprint density at radius 3 is 2.56 bits per heavy atom. The number of nitrogens with zero attached hydrogens (tertiary/aromatic N) is 1. The number of hydrogen-bond acceptors (Lipinski definition) is 6. The highest BCUT2D eigenvalue weighted by atomic mass is 32.2. The number of carbonyl (C=O) groups is 2. The van der Waals surface area contributed by atoms with Crippen molar-refractivity contribution < 1.29 is 19.1 Å². The van der Waals surface area contributed by atoms with Crippen LogP contribution >= 0.6 is 11.8 Å². The molecule has 3 rings (SSSR count). The summed E-state index contributed by atoms with van der Waals surface area (Å²) in [6, 6.07) is 14.7. The average molecular weight is 384 g/mol. The number of rotatable bonds is 7. The fourth-order valence-electron chi connectivity index (χ4n) is 2.57. The van der Waals surface area contributed by atoms with Crippen LogP contribution < -0.4 is 14.8 Å². The van der Waals surface area contributed by atoms with Crippen molar-refractivity contribution in [3.63, 3.8) is 0 Å². The van der Waals surface area contributed by atoms with Gasteiger partial charge in [-0.2, -0.15) is 0 Å². The van der Waals surface area contributed by atoms with Crippen molar-refractivity contribution in [3.05, 3.63) is 59.0 Å². The van der Waals surface area contributed by atoms with Gasteiger partial charge < -0.3 is 14.8 Å². The van der Waals surface area contributed by atoms with Gasteiger partial charge in [0.25, 0.3) is 11.1 Å². The number of hydrogen-bond donors (Lipinski definition) is 1. The molecule has 0 bridgehead atoms. The minimum atomic E-state index is -0.318. The molecule has 140 valence electrons. The first-order chi connectivity index (χ1) is 13.1. The van der Waals surface area contributed by atoms with Crippen LogP contribution in [0.2, 0.25) is 0 Å². The molecular formula is C20H20N2O4S. The largest absolute Gasteiger partial charge is 0.495 e. The Balaban J connectivity index is 1.69. The Morgan fingerprint density at radius 2 is 1.85 bits per heavy atom. The van der Waals surface area contributed by atoms with Crippen LogP contribution in [0.3, 0.4) is 0 Å². The van der Waals surface area contributed by atoms with Gasteiger partial charge in [0.15, 0.2) is 0 Å². The molecule has 0 radical (unpaired) electrons. The van der Waals surface area contributed by atoms with E-state index in [0.717, 1.165) is 28.8 Å². The molecule has 1 heterocycles. The van der Waals surface area contributed by atoms with Crippen LogP contribution in [0.25, 0.3) is 6.08 Å². The third-order valence-electron chi connectivity index (χ3n) is 3.90. The second-order valence-electron chi connectivity index (χ2n) is 5.65. The van der Waals surface area contributed by atoms with Crippen molar-refractivity contribution in [1.82, 2.24) is 4.90 Å². The van der Waals surface area contributed by atoms with E-state index in [-0.39, 0.29) is 17.8 Å². The third kappa shape index (κ3) is 4.43. The quantitative estimate of drug-likeness (QED) is 0.722. The van der Waals surface area contributed by atoms with Crippen LogP contribution in [0, 0.1) is 0 Å². The van der Waals surface area contributed by atoms with Crippen molar-refractivity contribution in [2.24, 2.45) is 0 Å². The summed E-state index contributed by atoms with van der Waals surface area (Å²) in [7, 11) is 1.57. The standard InChI is InChI=1S/C20H20N2O4S/c1-3-26-15-10-8-14(9-11-15)12-18-19(23)22(20(24)27-18)13-21-16-6-4-5-7-17(16)25-2/h4-12,21H,3,13H2,1-2H3. The lowest BCUT2D eigenvalue weighted by Gasteiger charge is -2.16. The monoisotopic (exact) mass is 384 g/mol. The second kappa shape index (κ2) is 8.64. The van der Waals surface area contributed by atoms with E-state index in [9.17, 15) is 9.59 Å². The number of anilines is 1. The smallest absolute Gasteiger partial charge is 0.295 e. The summed E-state index contributed by atoms with van der Waals surface area (Å²) in [5, 5.41) is 2.77. The number of thioether (sulfide) groups is 1. The van der Waals surface area contributed by atoms with Crippen LogP contribution in [0.4, 0.5) is 10.5 Å². The van der Waals surface area contributed by atoms with E-state index in [4.69, 9.17) is 9.47 Å². The Morgan fingerprint density at radius 1 is 1.11 bits per heavy atom. The molecule has 6 nitrogen and oxygen atoms in total. The van der Waals surface area contributed by atoms with Gasteiger partial charge >= 0.3 is 0 Å². The molecule has 0 aromatic heterocycles. The van der Waals surface area contributed by atoms with E-state index < -0.39 is 0 Å². The second-order valence-corrected chi connectivity index (χ2v) is 6.64. The maximum atomic E-state index is 12.6. The number of carbonyl (C=O) groups excluding carboxylic acids is 2. The molecule has 2 amide bonds. The average Bonchev–Trinajstić information content (AvgIpc) is 2.95. The van der Waals surface area contributed by atoms with Crippen LogP contribution in [0.1, 0.15) is 12.5 Å². The van der Waals surface area contributed by atoms with Crippen molar-refractivity contribution >= 4 is 34.7 Å². The van der Waals surface area contributed by atoms with Gasteiger partial charge in [-0.25, -0.2) is 0 Å². The minimum absolute atomic E-state index is 0.0751. The van der Waals surface area contributed by atoms with Crippen molar-refractivity contribution in [3.8, 4) is 11.5 Å². The molecule has 1 saturated heterocycles. The first-order valence-corrected chi connectivity index (χ1v) is 9.29. The van der Waals surface area contributed by atoms with Crippen molar-refractivity contribution in [2.75, 3.05) is 25.7 Å². The molecule has 2 aromatic carbocycles. The van der Waals surface area contributed by atoms with Gasteiger partial charge in [-0.1, -0.05) is 24.3 Å². The summed E-state index contributed by atoms with van der Waals surface area (Å²) in [6.07, 6.45) is 1.71. The van der Waals surface area contributed by atoms with Crippen LogP contribution in [-0.2, 0) is 4.79 Å². The molecule has 7 heteroatoms. The van der Waals surface area contributed by atoms with E-state index >= 15 is 0 Å². The molecular weight excluding hydrogens is 364 g/mol. The Kier molecular flexibility index (Phi) is 6.03. The lowest BCUT2D eigenvalue weighted by Crippen LogP contribution is -2.33. The summed E-state index contributed by atoms with van der Waals surface area (Å²) in [4.78, 5) is 26.4. The van der Waals surface area contributed by atoms with E-state index in [0.29, 0.717) is 17.3 Å². The Bertz CT molecular complexity index is 865. The zero-order valence-corrected chi connectivity index (χ0v) is 15.9. The normalized spacial score (nSPS) is 15.3. The molecule has 1 N–H and O–H groups in total. The lowest BCUT2D eigenvalue weighted by atomic mass is 10.2. The molecule has 0 aliphatic carbocycles.